The average molecular weight is 387 g/mol. The smallest absolute Gasteiger partial charge is 0.298 e. The number of para-hydroxylation sites is 1. The summed E-state index contributed by atoms with van der Waals surface area (Å²) in [5, 5.41) is 0. The predicted octanol–water partition coefficient (Wildman–Crippen LogP) is 5.52. The molecule has 2 aliphatic rings. The molecule has 0 radical (unpaired) electrons. The third-order valence-electron chi connectivity index (χ3n) is 6.79. The van der Waals surface area contributed by atoms with Crippen molar-refractivity contribution >= 4 is 21.6 Å². The van der Waals surface area contributed by atoms with Crippen LogP contribution in [0.3, 0.4) is 0 Å². The van der Waals surface area contributed by atoms with Crippen LogP contribution in [0.4, 0.5) is 0 Å². The van der Waals surface area contributed by atoms with Gasteiger partial charge in [0.2, 0.25) is 0 Å². The first-order valence-electron chi connectivity index (χ1n) is 11.0. The molecule has 2 saturated heterocycles. The number of unbranched alkanes of at least 4 members (excludes halogenated alkanes) is 2. The second kappa shape index (κ2) is 8.48. The zero-order valence-corrected chi connectivity index (χ0v) is 17.7. The molecule has 1 aromatic carbocycles. The van der Waals surface area contributed by atoms with Crippen molar-refractivity contribution in [3.05, 3.63) is 33.9 Å². The predicted molar refractivity (Wildman–Crippen MR) is 116 cm³/mol. The molecule has 0 saturated carbocycles. The van der Waals surface area contributed by atoms with Crippen molar-refractivity contribution < 1.29 is 0 Å². The third kappa shape index (κ3) is 4.17. The maximum absolute atomic E-state index is 12.4. The lowest BCUT2D eigenvalue weighted by molar-refractivity contribution is 0.0819. The summed E-state index contributed by atoms with van der Waals surface area (Å²) in [6, 6.07) is 9.81. The van der Waals surface area contributed by atoms with E-state index in [-0.39, 0.29) is 4.87 Å². The SMILES string of the molecule is CCCCCC1CC2CC[C@@H](C1)N2C[C@@H](C)Cn1c(=O)sc2ccccc21. The number of benzene rings is 1. The molecular weight excluding hydrogens is 352 g/mol. The highest BCUT2D eigenvalue weighted by Gasteiger charge is 2.40. The Balaban J connectivity index is 1.37. The number of hydrogen-bond donors (Lipinski definition) is 0. The Labute approximate surface area is 167 Å². The number of aromatic nitrogens is 1. The van der Waals surface area contributed by atoms with E-state index in [0.717, 1.165) is 41.3 Å². The first-order valence-corrected chi connectivity index (χ1v) is 11.8. The molecule has 2 aromatic rings. The molecule has 0 N–H and O–H groups in total. The second-order valence-electron chi connectivity index (χ2n) is 8.97. The number of piperidine rings is 1. The first kappa shape index (κ1) is 19.2. The van der Waals surface area contributed by atoms with Gasteiger partial charge in [0.15, 0.2) is 0 Å². The van der Waals surface area contributed by atoms with Crippen LogP contribution in [0.25, 0.3) is 10.2 Å². The van der Waals surface area contributed by atoms with Crippen molar-refractivity contribution in [2.24, 2.45) is 11.8 Å². The highest BCUT2D eigenvalue weighted by molar-refractivity contribution is 7.16. The van der Waals surface area contributed by atoms with Crippen molar-refractivity contribution in [2.45, 2.75) is 83.8 Å². The van der Waals surface area contributed by atoms with Gasteiger partial charge in [-0.15, -0.1) is 0 Å². The van der Waals surface area contributed by atoms with Crippen molar-refractivity contribution in [3.63, 3.8) is 0 Å². The van der Waals surface area contributed by atoms with Gasteiger partial charge < -0.3 is 0 Å². The monoisotopic (exact) mass is 386 g/mol. The Kier molecular flexibility index (Phi) is 6.03. The van der Waals surface area contributed by atoms with Gasteiger partial charge in [0, 0.05) is 25.2 Å². The Hall–Kier alpha value is -1.13. The fourth-order valence-electron chi connectivity index (χ4n) is 5.52. The standard InChI is InChI=1S/C23H34N2OS/c1-3-4-5-8-18-13-19-11-12-20(14-18)24(19)15-17(2)16-25-21-9-6-7-10-22(21)27-23(25)26/h6-7,9-10,17-20H,3-5,8,11-16H2,1-2H3/t17-,18?,19+,20?/m1/s1. The Bertz CT molecular complexity index is 796. The Morgan fingerprint density at radius 3 is 2.59 bits per heavy atom. The van der Waals surface area contributed by atoms with E-state index in [1.807, 2.05) is 16.7 Å². The lowest BCUT2D eigenvalue weighted by atomic mass is 9.86. The summed E-state index contributed by atoms with van der Waals surface area (Å²) in [5.74, 6) is 1.48. The van der Waals surface area contributed by atoms with Gasteiger partial charge in [-0.3, -0.25) is 14.3 Å². The van der Waals surface area contributed by atoms with Crippen LogP contribution in [0, 0.1) is 11.8 Å². The van der Waals surface area contributed by atoms with Gasteiger partial charge in [0.25, 0.3) is 0 Å². The van der Waals surface area contributed by atoms with Gasteiger partial charge in [-0.1, -0.05) is 63.0 Å². The van der Waals surface area contributed by atoms with E-state index in [1.54, 1.807) is 0 Å². The topological polar surface area (TPSA) is 25.2 Å². The molecule has 0 aliphatic carbocycles. The minimum absolute atomic E-state index is 0.195. The van der Waals surface area contributed by atoms with Crippen LogP contribution in [0.1, 0.15) is 65.2 Å². The molecule has 2 bridgehead atoms. The highest BCUT2D eigenvalue weighted by Crippen LogP contribution is 2.40. The summed E-state index contributed by atoms with van der Waals surface area (Å²) >= 11 is 1.38. The van der Waals surface area contributed by atoms with Crippen molar-refractivity contribution in [2.75, 3.05) is 6.54 Å². The third-order valence-corrected chi connectivity index (χ3v) is 7.75. The molecule has 0 spiro atoms. The number of nitrogens with zero attached hydrogens (tertiary/aromatic N) is 2. The quantitative estimate of drug-likeness (QED) is 0.558. The molecule has 3 heterocycles. The van der Waals surface area contributed by atoms with Gasteiger partial charge in [0.05, 0.1) is 10.2 Å². The number of rotatable bonds is 8. The largest absolute Gasteiger partial charge is 0.308 e. The molecule has 1 aromatic heterocycles. The molecule has 0 amide bonds. The summed E-state index contributed by atoms with van der Waals surface area (Å²) in [4.78, 5) is 15.4. The van der Waals surface area contributed by atoms with Gasteiger partial charge in [0.1, 0.15) is 0 Å². The number of fused-ring (bicyclic) bond motifs is 3. The van der Waals surface area contributed by atoms with E-state index in [2.05, 4.69) is 30.9 Å². The van der Waals surface area contributed by atoms with Crippen LogP contribution in [-0.4, -0.2) is 28.1 Å². The fourth-order valence-corrected chi connectivity index (χ4v) is 6.42. The lowest BCUT2D eigenvalue weighted by Crippen LogP contribution is -2.45. The summed E-state index contributed by atoms with van der Waals surface area (Å²) in [7, 11) is 0. The fraction of sp³-hybridized carbons (Fsp3) is 0.696. The average Bonchev–Trinajstić information content (AvgIpc) is 3.07. The first-order chi connectivity index (χ1) is 13.2. The molecule has 2 fully saturated rings. The maximum Gasteiger partial charge on any atom is 0.308 e. The molecule has 3 nitrogen and oxygen atoms in total. The van der Waals surface area contributed by atoms with Crippen LogP contribution in [-0.2, 0) is 6.54 Å². The Morgan fingerprint density at radius 1 is 1.11 bits per heavy atom. The second-order valence-corrected chi connectivity index (χ2v) is 9.96. The number of hydrogen-bond acceptors (Lipinski definition) is 3. The molecule has 27 heavy (non-hydrogen) atoms. The van der Waals surface area contributed by atoms with Gasteiger partial charge >= 0.3 is 4.87 Å². The van der Waals surface area contributed by atoms with Crippen molar-refractivity contribution in [1.29, 1.82) is 0 Å². The van der Waals surface area contributed by atoms with Gasteiger partial charge in [-0.25, -0.2) is 0 Å². The van der Waals surface area contributed by atoms with Crippen molar-refractivity contribution in [3.8, 4) is 0 Å². The maximum atomic E-state index is 12.4. The van der Waals surface area contributed by atoms with E-state index in [0.29, 0.717) is 5.92 Å². The van der Waals surface area contributed by atoms with E-state index in [4.69, 9.17) is 0 Å². The molecule has 2 unspecified atom stereocenters. The minimum atomic E-state index is 0.195. The van der Waals surface area contributed by atoms with Gasteiger partial charge in [-0.05, 0) is 49.7 Å². The summed E-state index contributed by atoms with van der Waals surface area (Å²) < 4.78 is 3.12. The molecule has 4 atom stereocenters. The van der Waals surface area contributed by atoms with E-state index in [1.165, 1.54) is 62.7 Å². The normalized spacial score (nSPS) is 26.7. The van der Waals surface area contributed by atoms with Crippen molar-refractivity contribution in [1.82, 2.24) is 9.47 Å². The zero-order chi connectivity index (χ0) is 18.8. The van der Waals surface area contributed by atoms with Crippen LogP contribution >= 0.6 is 11.3 Å². The lowest BCUT2D eigenvalue weighted by Gasteiger charge is -2.40. The van der Waals surface area contributed by atoms with E-state index in [9.17, 15) is 4.79 Å². The van der Waals surface area contributed by atoms with Crippen LogP contribution in [0.5, 0.6) is 0 Å². The molecule has 148 valence electrons. The van der Waals surface area contributed by atoms with E-state index < -0.39 is 0 Å². The van der Waals surface area contributed by atoms with Gasteiger partial charge in [-0.2, -0.15) is 0 Å². The molecule has 4 rings (SSSR count). The van der Waals surface area contributed by atoms with E-state index >= 15 is 0 Å². The zero-order valence-electron chi connectivity index (χ0n) is 16.9. The summed E-state index contributed by atoms with van der Waals surface area (Å²) in [6.45, 7) is 6.62. The minimum Gasteiger partial charge on any atom is -0.298 e. The van der Waals surface area contributed by atoms with Crippen LogP contribution < -0.4 is 4.87 Å². The van der Waals surface area contributed by atoms with Crippen LogP contribution in [0.2, 0.25) is 0 Å². The number of thiazole rings is 1. The highest BCUT2D eigenvalue weighted by atomic mass is 32.1. The summed E-state index contributed by atoms with van der Waals surface area (Å²) in [5.41, 5.74) is 1.11. The molecule has 4 heteroatoms. The summed E-state index contributed by atoms with van der Waals surface area (Å²) in [6.07, 6.45) is 11.2. The molecular formula is C23H34N2OS. The Morgan fingerprint density at radius 2 is 1.85 bits per heavy atom. The molecule has 2 aliphatic heterocycles. The van der Waals surface area contributed by atoms with Crippen LogP contribution in [0.15, 0.2) is 29.1 Å².